The smallest absolute Gasteiger partial charge is 0.146 e. The maximum atomic E-state index is 10.1. The van der Waals surface area contributed by atoms with Gasteiger partial charge in [0.25, 0.3) is 0 Å². The normalized spacial score (nSPS) is 12.3. The molecule has 0 unspecified atom stereocenters. The van der Waals surface area contributed by atoms with Gasteiger partial charge in [0.15, 0.2) is 0 Å². The molecule has 0 fully saturated rings. The third-order valence-corrected chi connectivity index (χ3v) is 3.46. The number of nitrogens with zero attached hydrogens (tertiary/aromatic N) is 1. The Bertz CT molecular complexity index is 755. The van der Waals surface area contributed by atoms with E-state index in [4.69, 9.17) is 4.74 Å². The number of fused-ring (bicyclic) bond motifs is 1. The molecule has 0 aliphatic carbocycles. The zero-order valence-electron chi connectivity index (χ0n) is 11.9. The number of para-hydroxylation sites is 2. The van der Waals surface area contributed by atoms with E-state index in [-0.39, 0.29) is 0 Å². The average molecular weight is 279 g/mol. The molecule has 0 amide bonds. The Morgan fingerprint density at radius 2 is 1.86 bits per heavy atom. The van der Waals surface area contributed by atoms with Crippen LogP contribution in [0.1, 0.15) is 25.0 Å². The Kier molecular flexibility index (Phi) is 3.84. The fourth-order valence-corrected chi connectivity index (χ4v) is 2.30. The lowest BCUT2D eigenvalue weighted by Crippen LogP contribution is -1.98. The van der Waals surface area contributed by atoms with E-state index in [1.54, 1.807) is 6.20 Å². The molecule has 2 aromatic carbocycles. The summed E-state index contributed by atoms with van der Waals surface area (Å²) < 4.78 is 5.92. The van der Waals surface area contributed by atoms with Gasteiger partial charge in [0.1, 0.15) is 11.5 Å². The van der Waals surface area contributed by atoms with Gasteiger partial charge in [0, 0.05) is 10.9 Å². The van der Waals surface area contributed by atoms with Gasteiger partial charge in [0.2, 0.25) is 0 Å². The first kappa shape index (κ1) is 13.6. The summed E-state index contributed by atoms with van der Waals surface area (Å²) in [6.07, 6.45) is 1.84. The van der Waals surface area contributed by atoms with Crippen molar-refractivity contribution >= 4 is 10.9 Å². The quantitative estimate of drug-likeness (QED) is 0.766. The van der Waals surface area contributed by atoms with Crippen LogP contribution in [0.3, 0.4) is 0 Å². The molecule has 1 atom stereocenters. The van der Waals surface area contributed by atoms with Crippen molar-refractivity contribution in [3.63, 3.8) is 0 Å². The SMILES string of the molecule is CC[C@@H](O)c1ccccc1Oc1cnc2ccccc2c1. The number of aliphatic hydroxyl groups is 1. The molecule has 1 N–H and O–H groups in total. The van der Waals surface area contributed by atoms with Gasteiger partial charge in [0.05, 0.1) is 17.8 Å². The second kappa shape index (κ2) is 5.94. The van der Waals surface area contributed by atoms with Crippen molar-refractivity contribution in [2.45, 2.75) is 19.4 Å². The van der Waals surface area contributed by atoms with Crippen molar-refractivity contribution in [3.8, 4) is 11.5 Å². The lowest BCUT2D eigenvalue weighted by molar-refractivity contribution is 0.170. The highest BCUT2D eigenvalue weighted by atomic mass is 16.5. The van der Waals surface area contributed by atoms with E-state index in [1.807, 2.05) is 61.5 Å². The maximum Gasteiger partial charge on any atom is 0.146 e. The zero-order chi connectivity index (χ0) is 14.7. The molecule has 0 spiro atoms. The molecular weight excluding hydrogens is 262 g/mol. The summed E-state index contributed by atoms with van der Waals surface area (Å²) in [6.45, 7) is 1.94. The summed E-state index contributed by atoms with van der Waals surface area (Å²) in [7, 11) is 0. The lowest BCUT2D eigenvalue weighted by atomic mass is 10.1. The van der Waals surface area contributed by atoms with Crippen LogP contribution in [-0.2, 0) is 0 Å². The molecule has 21 heavy (non-hydrogen) atoms. The van der Waals surface area contributed by atoms with Crippen molar-refractivity contribution < 1.29 is 9.84 Å². The fraction of sp³-hybridized carbons (Fsp3) is 0.167. The summed E-state index contributed by atoms with van der Waals surface area (Å²) in [5.41, 5.74) is 1.74. The Labute approximate surface area is 123 Å². The van der Waals surface area contributed by atoms with Gasteiger partial charge in [-0.1, -0.05) is 43.3 Å². The van der Waals surface area contributed by atoms with Gasteiger partial charge in [-0.15, -0.1) is 0 Å². The van der Waals surface area contributed by atoms with Gasteiger partial charge in [-0.05, 0) is 24.6 Å². The van der Waals surface area contributed by atoms with E-state index in [2.05, 4.69) is 4.98 Å². The van der Waals surface area contributed by atoms with Gasteiger partial charge in [-0.2, -0.15) is 0 Å². The van der Waals surface area contributed by atoms with Gasteiger partial charge >= 0.3 is 0 Å². The number of pyridine rings is 1. The molecule has 0 aliphatic rings. The number of aromatic nitrogens is 1. The van der Waals surface area contributed by atoms with Crippen LogP contribution < -0.4 is 4.74 Å². The number of hydrogen-bond donors (Lipinski definition) is 1. The Morgan fingerprint density at radius 1 is 1.10 bits per heavy atom. The number of ether oxygens (including phenoxy) is 1. The molecule has 3 nitrogen and oxygen atoms in total. The van der Waals surface area contributed by atoms with Crippen LogP contribution in [0.5, 0.6) is 11.5 Å². The minimum atomic E-state index is -0.519. The third-order valence-electron chi connectivity index (χ3n) is 3.46. The second-order valence-electron chi connectivity index (χ2n) is 4.93. The zero-order valence-corrected chi connectivity index (χ0v) is 11.9. The summed E-state index contributed by atoms with van der Waals surface area (Å²) in [5.74, 6) is 1.34. The van der Waals surface area contributed by atoms with Crippen LogP contribution in [0.25, 0.3) is 10.9 Å². The minimum absolute atomic E-state index is 0.519. The molecule has 0 saturated heterocycles. The topological polar surface area (TPSA) is 42.4 Å². The summed E-state index contributed by atoms with van der Waals surface area (Å²) >= 11 is 0. The van der Waals surface area contributed by atoms with E-state index >= 15 is 0 Å². The molecule has 0 radical (unpaired) electrons. The number of hydrogen-bond acceptors (Lipinski definition) is 3. The van der Waals surface area contributed by atoms with Crippen LogP contribution >= 0.6 is 0 Å². The molecule has 3 aromatic rings. The van der Waals surface area contributed by atoms with Gasteiger partial charge < -0.3 is 9.84 Å². The molecule has 1 heterocycles. The van der Waals surface area contributed by atoms with Crippen molar-refractivity contribution in [2.75, 3.05) is 0 Å². The van der Waals surface area contributed by atoms with Crippen LogP contribution in [-0.4, -0.2) is 10.1 Å². The minimum Gasteiger partial charge on any atom is -0.455 e. The maximum absolute atomic E-state index is 10.1. The van der Waals surface area contributed by atoms with E-state index in [9.17, 15) is 5.11 Å². The Morgan fingerprint density at radius 3 is 2.71 bits per heavy atom. The molecule has 1 aromatic heterocycles. The van der Waals surface area contributed by atoms with Crippen LogP contribution in [0.15, 0.2) is 60.8 Å². The average Bonchev–Trinajstić information content (AvgIpc) is 2.54. The lowest BCUT2D eigenvalue weighted by Gasteiger charge is -2.14. The first-order chi connectivity index (χ1) is 10.3. The molecule has 3 heteroatoms. The van der Waals surface area contributed by atoms with Crippen molar-refractivity contribution in [3.05, 3.63) is 66.4 Å². The molecule has 0 bridgehead atoms. The first-order valence-electron chi connectivity index (χ1n) is 7.07. The van der Waals surface area contributed by atoms with E-state index in [0.29, 0.717) is 17.9 Å². The monoisotopic (exact) mass is 279 g/mol. The summed E-state index contributed by atoms with van der Waals surface area (Å²) in [6, 6.07) is 17.4. The van der Waals surface area contributed by atoms with E-state index < -0.39 is 6.10 Å². The van der Waals surface area contributed by atoms with Crippen LogP contribution in [0.4, 0.5) is 0 Å². The van der Waals surface area contributed by atoms with E-state index in [1.165, 1.54) is 0 Å². The Balaban J connectivity index is 1.95. The molecule has 106 valence electrons. The predicted molar refractivity (Wildman–Crippen MR) is 83.5 cm³/mol. The molecule has 0 aliphatic heterocycles. The summed E-state index contributed by atoms with van der Waals surface area (Å²) in [5, 5.41) is 11.1. The highest BCUT2D eigenvalue weighted by molar-refractivity contribution is 5.79. The number of rotatable bonds is 4. The van der Waals surface area contributed by atoms with Gasteiger partial charge in [-0.3, -0.25) is 4.98 Å². The fourth-order valence-electron chi connectivity index (χ4n) is 2.30. The first-order valence-corrected chi connectivity index (χ1v) is 7.07. The largest absolute Gasteiger partial charge is 0.455 e. The van der Waals surface area contributed by atoms with Crippen LogP contribution in [0.2, 0.25) is 0 Å². The molecule has 3 rings (SSSR count). The Hall–Kier alpha value is -2.39. The highest BCUT2D eigenvalue weighted by Crippen LogP contribution is 2.31. The molecule has 0 saturated carbocycles. The predicted octanol–water partition coefficient (Wildman–Crippen LogP) is 4.47. The van der Waals surface area contributed by atoms with Crippen LogP contribution in [0, 0.1) is 0 Å². The highest BCUT2D eigenvalue weighted by Gasteiger charge is 2.12. The van der Waals surface area contributed by atoms with E-state index in [0.717, 1.165) is 16.5 Å². The van der Waals surface area contributed by atoms with Crippen molar-refractivity contribution in [1.29, 1.82) is 0 Å². The third kappa shape index (κ3) is 2.88. The number of benzene rings is 2. The second-order valence-corrected chi connectivity index (χ2v) is 4.93. The number of aliphatic hydroxyl groups excluding tert-OH is 1. The molecular formula is C18H17NO2. The van der Waals surface area contributed by atoms with Crippen molar-refractivity contribution in [2.24, 2.45) is 0 Å². The van der Waals surface area contributed by atoms with Crippen molar-refractivity contribution in [1.82, 2.24) is 4.98 Å². The summed E-state index contributed by atoms with van der Waals surface area (Å²) in [4.78, 5) is 4.38. The standard InChI is InChI=1S/C18H17NO2/c1-2-17(20)15-8-4-6-10-18(15)21-14-11-13-7-3-5-9-16(13)19-12-14/h3-12,17,20H,2H2,1H3/t17-/m1/s1. The van der Waals surface area contributed by atoms with Gasteiger partial charge in [-0.25, -0.2) is 0 Å².